The lowest BCUT2D eigenvalue weighted by atomic mass is 10.1. The Hall–Kier alpha value is -1.09. The van der Waals surface area contributed by atoms with E-state index in [0.717, 1.165) is 6.61 Å². The van der Waals surface area contributed by atoms with E-state index in [1.54, 1.807) is 12.1 Å². The highest BCUT2D eigenvalue weighted by Gasteiger charge is 2.15. The summed E-state index contributed by atoms with van der Waals surface area (Å²) in [5.41, 5.74) is 6.66. The van der Waals surface area contributed by atoms with Crippen LogP contribution >= 0.6 is 0 Å². The summed E-state index contributed by atoms with van der Waals surface area (Å²) >= 11 is 0. The molecule has 0 spiro atoms. The van der Waals surface area contributed by atoms with Gasteiger partial charge in [-0.15, -0.1) is 0 Å². The van der Waals surface area contributed by atoms with E-state index in [9.17, 15) is 4.39 Å². The summed E-state index contributed by atoms with van der Waals surface area (Å²) in [6.07, 6.45) is 5.09. The summed E-state index contributed by atoms with van der Waals surface area (Å²) in [6, 6.07) is 4.74. The summed E-state index contributed by atoms with van der Waals surface area (Å²) in [5.74, 6) is 0.388. The quantitative estimate of drug-likeness (QED) is 0.796. The van der Waals surface area contributed by atoms with Crippen molar-refractivity contribution in [2.45, 2.75) is 32.3 Å². The first-order chi connectivity index (χ1) is 7.77. The number of hydrogen-bond donors (Lipinski definition) is 1. The summed E-state index contributed by atoms with van der Waals surface area (Å²) < 4.78 is 18.9. The summed E-state index contributed by atoms with van der Waals surface area (Å²) in [5, 5.41) is 0. The maximum atomic E-state index is 13.4. The van der Waals surface area contributed by atoms with Gasteiger partial charge in [0, 0.05) is 17.9 Å². The van der Waals surface area contributed by atoms with Gasteiger partial charge in [-0.25, -0.2) is 4.39 Å². The number of halogens is 1. The van der Waals surface area contributed by atoms with E-state index in [-0.39, 0.29) is 12.4 Å². The van der Waals surface area contributed by atoms with Gasteiger partial charge in [-0.1, -0.05) is 18.9 Å². The van der Waals surface area contributed by atoms with E-state index < -0.39 is 0 Å². The average Bonchev–Trinajstić information content (AvgIpc) is 2.75. The fourth-order valence-electron chi connectivity index (χ4n) is 2.23. The first-order valence-electron chi connectivity index (χ1n) is 5.88. The molecule has 88 valence electrons. The number of nitrogen functional groups attached to an aromatic ring is 1. The Morgan fingerprint density at radius 1 is 1.31 bits per heavy atom. The molecule has 2 rings (SSSR count). The van der Waals surface area contributed by atoms with Crippen molar-refractivity contribution in [1.82, 2.24) is 0 Å². The molecule has 0 bridgehead atoms. The molecule has 0 saturated heterocycles. The van der Waals surface area contributed by atoms with Crippen molar-refractivity contribution in [3.05, 3.63) is 29.6 Å². The maximum Gasteiger partial charge on any atom is 0.130 e. The molecular formula is C13H18FNO. The molecule has 2 N–H and O–H groups in total. The van der Waals surface area contributed by atoms with Gasteiger partial charge in [-0.05, 0) is 30.9 Å². The average molecular weight is 223 g/mol. The molecule has 0 aliphatic heterocycles. The van der Waals surface area contributed by atoms with E-state index in [1.807, 2.05) is 0 Å². The zero-order valence-corrected chi connectivity index (χ0v) is 9.42. The SMILES string of the molecule is Nc1cccc(F)c1COCC1CCCC1. The molecule has 1 aromatic rings. The first-order valence-corrected chi connectivity index (χ1v) is 5.88. The Labute approximate surface area is 95.6 Å². The molecule has 1 saturated carbocycles. The van der Waals surface area contributed by atoms with Crippen LogP contribution in [0.4, 0.5) is 10.1 Å². The van der Waals surface area contributed by atoms with Crippen LogP contribution in [0, 0.1) is 11.7 Å². The maximum absolute atomic E-state index is 13.4. The highest BCUT2D eigenvalue weighted by atomic mass is 19.1. The molecule has 1 aromatic carbocycles. The lowest BCUT2D eigenvalue weighted by Gasteiger charge is -2.11. The largest absolute Gasteiger partial charge is 0.398 e. The summed E-state index contributed by atoms with van der Waals surface area (Å²) in [6.45, 7) is 1.02. The molecule has 1 fully saturated rings. The predicted octanol–water partition coefficient (Wildman–Crippen LogP) is 3.11. The van der Waals surface area contributed by atoms with Gasteiger partial charge in [0.1, 0.15) is 5.82 Å². The molecule has 3 heteroatoms. The number of ether oxygens (including phenoxy) is 1. The minimum Gasteiger partial charge on any atom is -0.398 e. The molecule has 0 amide bonds. The number of anilines is 1. The Morgan fingerprint density at radius 3 is 2.75 bits per heavy atom. The lowest BCUT2D eigenvalue weighted by Crippen LogP contribution is -2.07. The predicted molar refractivity (Wildman–Crippen MR) is 62.4 cm³/mol. The highest BCUT2D eigenvalue weighted by Crippen LogP contribution is 2.25. The standard InChI is InChI=1S/C13H18FNO/c14-12-6-3-7-13(15)11(12)9-16-8-10-4-1-2-5-10/h3,6-7,10H,1-2,4-5,8-9,15H2. The van der Waals surface area contributed by atoms with Crippen molar-refractivity contribution in [1.29, 1.82) is 0 Å². The smallest absolute Gasteiger partial charge is 0.130 e. The number of hydrogen-bond acceptors (Lipinski definition) is 2. The molecule has 16 heavy (non-hydrogen) atoms. The van der Waals surface area contributed by atoms with Crippen LogP contribution in [0.25, 0.3) is 0 Å². The number of nitrogens with two attached hydrogens (primary N) is 1. The lowest BCUT2D eigenvalue weighted by molar-refractivity contribution is 0.0873. The van der Waals surface area contributed by atoms with Gasteiger partial charge >= 0.3 is 0 Å². The van der Waals surface area contributed by atoms with E-state index in [2.05, 4.69) is 0 Å². The second-order valence-corrected chi connectivity index (χ2v) is 4.47. The van der Waals surface area contributed by atoms with Crippen molar-refractivity contribution < 1.29 is 9.13 Å². The van der Waals surface area contributed by atoms with Crippen molar-refractivity contribution in [2.24, 2.45) is 5.92 Å². The van der Waals surface area contributed by atoms with E-state index in [1.165, 1.54) is 31.7 Å². The summed E-state index contributed by atoms with van der Waals surface area (Å²) in [7, 11) is 0. The van der Waals surface area contributed by atoms with Gasteiger partial charge in [0.25, 0.3) is 0 Å². The molecule has 1 aliphatic carbocycles. The third kappa shape index (κ3) is 2.73. The van der Waals surface area contributed by atoms with Crippen LogP contribution in [0.1, 0.15) is 31.2 Å². The fourth-order valence-corrected chi connectivity index (χ4v) is 2.23. The molecule has 0 radical (unpaired) electrons. The zero-order valence-electron chi connectivity index (χ0n) is 9.42. The van der Waals surface area contributed by atoms with Gasteiger partial charge < -0.3 is 10.5 Å². The van der Waals surface area contributed by atoms with Crippen molar-refractivity contribution in [3.63, 3.8) is 0 Å². The minimum absolute atomic E-state index is 0.272. The molecule has 0 heterocycles. The molecule has 0 aromatic heterocycles. The molecule has 2 nitrogen and oxygen atoms in total. The Morgan fingerprint density at radius 2 is 2.06 bits per heavy atom. The van der Waals surface area contributed by atoms with Gasteiger partial charge in [0.2, 0.25) is 0 Å². The van der Waals surface area contributed by atoms with Crippen molar-refractivity contribution in [2.75, 3.05) is 12.3 Å². The van der Waals surface area contributed by atoms with Crippen LogP contribution in [-0.2, 0) is 11.3 Å². The highest BCUT2D eigenvalue weighted by molar-refractivity contribution is 5.46. The second-order valence-electron chi connectivity index (χ2n) is 4.47. The van der Waals surface area contributed by atoms with Crippen LogP contribution < -0.4 is 5.73 Å². The first kappa shape index (κ1) is 11.4. The Kier molecular flexibility index (Phi) is 3.78. The van der Waals surface area contributed by atoms with Crippen molar-refractivity contribution >= 4 is 5.69 Å². The van der Waals surface area contributed by atoms with Gasteiger partial charge in [-0.2, -0.15) is 0 Å². The van der Waals surface area contributed by atoms with E-state index in [4.69, 9.17) is 10.5 Å². The third-order valence-corrected chi connectivity index (χ3v) is 3.23. The molecule has 0 unspecified atom stereocenters. The van der Waals surface area contributed by atoms with E-state index in [0.29, 0.717) is 17.2 Å². The van der Waals surface area contributed by atoms with Crippen LogP contribution in [0.15, 0.2) is 18.2 Å². The zero-order chi connectivity index (χ0) is 11.4. The molecule has 0 atom stereocenters. The fraction of sp³-hybridized carbons (Fsp3) is 0.538. The minimum atomic E-state index is -0.272. The Bertz CT molecular complexity index is 328. The second kappa shape index (κ2) is 5.30. The van der Waals surface area contributed by atoms with Crippen LogP contribution in [-0.4, -0.2) is 6.61 Å². The molecular weight excluding hydrogens is 205 g/mol. The molecule has 1 aliphatic rings. The van der Waals surface area contributed by atoms with Gasteiger partial charge in [0.15, 0.2) is 0 Å². The van der Waals surface area contributed by atoms with Crippen molar-refractivity contribution in [3.8, 4) is 0 Å². The van der Waals surface area contributed by atoms with Crippen LogP contribution in [0.2, 0.25) is 0 Å². The van der Waals surface area contributed by atoms with E-state index >= 15 is 0 Å². The third-order valence-electron chi connectivity index (χ3n) is 3.23. The van der Waals surface area contributed by atoms with Gasteiger partial charge in [-0.3, -0.25) is 0 Å². The topological polar surface area (TPSA) is 35.2 Å². The van der Waals surface area contributed by atoms with Crippen LogP contribution in [0.3, 0.4) is 0 Å². The Balaban J connectivity index is 1.84. The van der Waals surface area contributed by atoms with Crippen LogP contribution in [0.5, 0.6) is 0 Å². The normalized spacial score (nSPS) is 16.8. The van der Waals surface area contributed by atoms with Gasteiger partial charge in [0.05, 0.1) is 6.61 Å². The summed E-state index contributed by atoms with van der Waals surface area (Å²) in [4.78, 5) is 0. The number of rotatable bonds is 4. The number of benzene rings is 1. The monoisotopic (exact) mass is 223 g/mol.